The topological polar surface area (TPSA) is 65.2 Å². The Kier molecular flexibility index (Phi) is 5.94. The molecule has 0 saturated carbocycles. The third-order valence-electron chi connectivity index (χ3n) is 5.48. The summed E-state index contributed by atoms with van der Waals surface area (Å²) in [6, 6.07) is 29.8. The summed E-state index contributed by atoms with van der Waals surface area (Å²) < 4.78 is 19.2. The van der Waals surface area contributed by atoms with Crippen LogP contribution < -0.4 is 10.5 Å². The second-order valence-electron chi connectivity index (χ2n) is 7.61. The normalized spacial score (nSPS) is 12.0. The number of methoxy groups -OCH3 is 1. The minimum Gasteiger partial charge on any atom is -0.497 e. The van der Waals surface area contributed by atoms with Crippen LogP contribution in [0.3, 0.4) is 0 Å². The van der Waals surface area contributed by atoms with Gasteiger partial charge in [-0.25, -0.2) is 4.98 Å². The second-order valence-corrected chi connectivity index (χ2v) is 10.3. The SMILES string of the molecule is COc1ccc(-c2cc(-c3ccccc3)c3c(N)c([S@](=O)Cc4ccccc4)sc3n2)cc1. The Balaban J connectivity index is 1.66. The molecule has 0 unspecified atom stereocenters. The number of thiophene rings is 1. The number of aromatic nitrogens is 1. The van der Waals surface area contributed by atoms with Gasteiger partial charge in [0.05, 0.1) is 35.0 Å². The van der Waals surface area contributed by atoms with E-state index in [0.717, 1.165) is 43.9 Å². The van der Waals surface area contributed by atoms with Gasteiger partial charge in [-0.05, 0) is 47.0 Å². The molecule has 3 aromatic carbocycles. The fourth-order valence-corrected chi connectivity index (χ4v) is 6.43. The molecule has 33 heavy (non-hydrogen) atoms. The molecule has 2 aromatic heterocycles. The van der Waals surface area contributed by atoms with Crippen LogP contribution in [0, 0.1) is 0 Å². The van der Waals surface area contributed by atoms with Crippen LogP contribution in [0.2, 0.25) is 0 Å². The first-order chi connectivity index (χ1) is 16.1. The van der Waals surface area contributed by atoms with Crippen molar-refractivity contribution in [2.24, 2.45) is 0 Å². The molecule has 164 valence electrons. The number of anilines is 1. The number of ether oxygens (including phenoxy) is 1. The Morgan fingerprint density at radius 3 is 2.24 bits per heavy atom. The van der Waals surface area contributed by atoms with Crippen molar-refractivity contribution in [1.82, 2.24) is 4.98 Å². The van der Waals surface area contributed by atoms with Gasteiger partial charge in [0.15, 0.2) is 0 Å². The summed E-state index contributed by atoms with van der Waals surface area (Å²) in [6.45, 7) is 0. The van der Waals surface area contributed by atoms with Gasteiger partial charge in [0.25, 0.3) is 0 Å². The number of hydrogen-bond donors (Lipinski definition) is 1. The first-order valence-electron chi connectivity index (χ1n) is 10.5. The molecule has 0 saturated heterocycles. The highest BCUT2D eigenvalue weighted by atomic mass is 32.2. The summed E-state index contributed by atoms with van der Waals surface area (Å²) in [7, 11) is 0.389. The van der Waals surface area contributed by atoms with Crippen LogP contribution in [0.25, 0.3) is 32.6 Å². The molecule has 0 aliphatic rings. The molecule has 2 N–H and O–H groups in total. The first kappa shape index (κ1) is 21.4. The number of nitrogens with zero attached hydrogens (tertiary/aromatic N) is 1. The van der Waals surface area contributed by atoms with Gasteiger partial charge in [-0.3, -0.25) is 4.21 Å². The molecule has 4 nitrogen and oxygen atoms in total. The van der Waals surface area contributed by atoms with Crippen LogP contribution in [-0.4, -0.2) is 16.3 Å². The molecule has 0 amide bonds. The zero-order valence-corrected chi connectivity index (χ0v) is 19.7. The van der Waals surface area contributed by atoms with Crippen LogP contribution in [-0.2, 0) is 16.6 Å². The van der Waals surface area contributed by atoms with Crippen molar-refractivity contribution in [3.8, 4) is 28.1 Å². The maximum atomic E-state index is 13.3. The van der Waals surface area contributed by atoms with Crippen LogP contribution in [0.15, 0.2) is 95.2 Å². The fraction of sp³-hybridized carbons (Fsp3) is 0.0741. The predicted molar refractivity (Wildman–Crippen MR) is 138 cm³/mol. The molecule has 6 heteroatoms. The summed E-state index contributed by atoms with van der Waals surface area (Å²) in [6.07, 6.45) is 0. The van der Waals surface area contributed by atoms with E-state index in [1.165, 1.54) is 11.3 Å². The molecule has 5 rings (SSSR count). The number of fused-ring (bicyclic) bond motifs is 1. The Hall–Kier alpha value is -3.48. The van der Waals surface area contributed by atoms with E-state index in [2.05, 4.69) is 18.2 Å². The van der Waals surface area contributed by atoms with E-state index in [1.807, 2.05) is 72.8 Å². The summed E-state index contributed by atoms with van der Waals surface area (Å²) in [5.41, 5.74) is 12.0. The molecule has 0 aliphatic heterocycles. The van der Waals surface area contributed by atoms with Gasteiger partial charge in [-0.2, -0.15) is 0 Å². The molecule has 0 aliphatic carbocycles. The van der Waals surface area contributed by atoms with Crippen molar-refractivity contribution >= 4 is 38.0 Å². The third-order valence-corrected chi connectivity index (χ3v) is 8.41. The van der Waals surface area contributed by atoms with Crippen molar-refractivity contribution in [1.29, 1.82) is 0 Å². The number of hydrogen-bond acceptors (Lipinski definition) is 5. The highest BCUT2D eigenvalue weighted by molar-refractivity contribution is 7.87. The maximum Gasteiger partial charge on any atom is 0.127 e. The average molecular weight is 471 g/mol. The van der Waals surface area contributed by atoms with Gasteiger partial charge < -0.3 is 10.5 Å². The Morgan fingerprint density at radius 1 is 0.909 bits per heavy atom. The first-order valence-corrected chi connectivity index (χ1v) is 12.6. The summed E-state index contributed by atoms with van der Waals surface area (Å²) in [5, 5.41) is 0.861. The van der Waals surface area contributed by atoms with Gasteiger partial charge >= 0.3 is 0 Å². The molecule has 0 bridgehead atoms. The largest absolute Gasteiger partial charge is 0.497 e. The van der Waals surface area contributed by atoms with Crippen molar-refractivity contribution in [3.05, 3.63) is 96.6 Å². The Bertz CT molecular complexity index is 1430. The van der Waals surface area contributed by atoms with E-state index in [0.29, 0.717) is 15.6 Å². The monoisotopic (exact) mass is 470 g/mol. The lowest BCUT2D eigenvalue weighted by Crippen LogP contribution is -1.98. The molecular weight excluding hydrogens is 448 g/mol. The van der Waals surface area contributed by atoms with Crippen molar-refractivity contribution < 1.29 is 8.95 Å². The van der Waals surface area contributed by atoms with Gasteiger partial charge in [0, 0.05) is 10.9 Å². The molecule has 0 radical (unpaired) electrons. The van der Waals surface area contributed by atoms with Crippen molar-refractivity contribution in [3.63, 3.8) is 0 Å². The van der Waals surface area contributed by atoms with Crippen LogP contribution in [0.5, 0.6) is 5.75 Å². The lowest BCUT2D eigenvalue weighted by atomic mass is 10.00. The Labute approximate surface area is 199 Å². The van der Waals surface area contributed by atoms with Gasteiger partial charge in [-0.1, -0.05) is 60.7 Å². The molecule has 0 spiro atoms. The lowest BCUT2D eigenvalue weighted by molar-refractivity contribution is 0.415. The van der Waals surface area contributed by atoms with E-state index in [1.54, 1.807) is 7.11 Å². The van der Waals surface area contributed by atoms with E-state index < -0.39 is 10.8 Å². The second kappa shape index (κ2) is 9.17. The van der Waals surface area contributed by atoms with E-state index in [9.17, 15) is 4.21 Å². The van der Waals surface area contributed by atoms with Crippen LogP contribution >= 0.6 is 11.3 Å². The van der Waals surface area contributed by atoms with Crippen LogP contribution in [0.4, 0.5) is 5.69 Å². The van der Waals surface area contributed by atoms with E-state index >= 15 is 0 Å². The zero-order chi connectivity index (χ0) is 22.8. The predicted octanol–water partition coefficient (Wildman–Crippen LogP) is 6.53. The average Bonchev–Trinajstić information content (AvgIpc) is 3.21. The van der Waals surface area contributed by atoms with E-state index in [-0.39, 0.29) is 0 Å². The van der Waals surface area contributed by atoms with Gasteiger partial charge in [-0.15, -0.1) is 11.3 Å². The summed E-state index contributed by atoms with van der Waals surface area (Å²) in [5.74, 6) is 1.21. The molecular formula is C27H22N2O2S2. The summed E-state index contributed by atoms with van der Waals surface area (Å²) in [4.78, 5) is 5.71. The standard InChI is InChI=1S/C27H22N2O2S2/c1-31-21-14-12-20(13-15-21)23-16-22(19-10-6-3-7-11-19)24-25(28)27(32-26(24)29-23)33(30)17-18-8-4-2-5-9-18/h2-16H,17,28H2,1H3/t33-/m1/s1. The highest BCUT2D eigenvalue weighted by Crippen LogP contribution is 2.43. The molecule has 5 aromatic rings. The minimum absolute atomic E-state index is 0.421. The zero-order valence-electron chi connectivity index (χ0n) is 18.0. The number of nitrogens with two attached hydrogens (primary N) is 1. The fourth-order valence-electron chi connectivity index (χ4n) is 3.82. The number of nitrogen functional groups attached to an aromatic ring is 1. The van der Waals surface area contributed by atoms with Gasteiger partial charge in [0.1, 0.15) is 14.8 Å². The number of benzene rings is 3. The minimum atomic E-state index is -1.26. The molecule has 1 atom stereocenters. The molecule has 2 heterocycles. The van der Waals surface area contributed by atoms with Crippen molar-refractivity contribution in [2.75, 3.05) is 12.8 Å². The number of pyridine rings is 1. The quantitative estimate of drug-likeness (QED) is 0.306. The number of rotatable bonds is 6. The van der Waals surface area contributed by atoms with E-state index in [4.69, 9.17) is 15.5 Å². The third kappa shape index (κ3) is 4.27. The maximum absolute atomic E-state index is 13.3. The smallest absolute Gasteiger partial charge is 0.127 e. The van der Waals surface area contributed by atoms with Gasteiger partial charge in [0.2, 0.25) is 0 Å². The van der Waals surface area contributed by atoms with Crippen molar-refractivity contribution in [2.45, 2.75) is 9.96 Å². The summed E-state index contributed by atoms with van der Waals surface area (Å²) >= 11 is 1.42. The molecule has 0 fully saturated rings. The Morgan fingerprint density at radius 2 is 1.58 bits per heavy atom. The lowest BCUT2D eigenvalue weighted by Gasteiger charge is -2.09. The highest BCUT2D eigenvalue weighted by Gasteiger charge is 2.21. The van der Waals surface area contributed by atoms with Crippen LogP contribution in [0.1, 0.15) is 5.56 Å².